The molecular formula is C9H10ClFO2S. The first kappa shape index (κ1) is 11.8. The average molecular weight is 237 g/mol. The van der Waals surface area contributed by atoms with Gasteiger partial charge in [-0.2, -0.15) is 12.6 Å². The summed E-state index contributed by atoms with van der Waals surface area (Å²) in [4.78, 5) is 0. The number of aliphatic hydroxyl groups is 2. The SMILES string of the molecule is OC(CS)C(O)c1ccc(F)cc1Cl. The molecule has 5 heteroatoms. The summed E-state index contributed by atoms with van der Waals surface area (Å²) < 4.78 is 12.7. The summed E-state index contributed by atoms with van der Waals surface area (Å²) in [7, 11) is 0. The highest BCUT2D eigenvalue weighted by molar-refractivity contribution is 7.80. The van der Waals surface area contributed by atoms with Gasteiger partial charge in [0.15, 0.2) is 0 Å². The van der Waals surface area contributed by atoms with E-state index < -0.39 is 18.0 Å². The summed E-state index contributed by atoms with van der Waals surface area (Å²) in [6, 6.07) is 3.61. The third-order valence-electron chi connectivity index (χ3n) is 1.83. The van der Waals surface area contributed by atoms with Gasteiger partial charge in [0, 0.05) is 16.3 Å². The first-order chi connectivity index (χ1) is 6.56. The van der Waals surface area contributed by atoms with Crippen LogP contribution in [0.1, 0.15) is 11.7 Å². The Morgan fingerprint density at radius 3 is 2.57 bits per heavy atom. The second kappa shape index (κ2) is 4.98. The van der Waals surface area contributed by atoms with E-state index >= 15 is 0 Å². The lowest BCUT2D eigenvalue weighted by atomic mass is 10.1. The van der Waals surface area contributed by atoms with E-state index in [0.29, 0.717) is 5.56 Å². The standard InChI is InChI=1S/C9H10ClFO2S/c10-7-3-5(11)1-2-6(7)9(13)8(12)4-14/h1-3,8-9,12-14H,4H2. The Kier molecular flexibility index (Phi) is 4.19. The molecule has 0 aromatic heterocycles. The number of rotatable bonds is 3. The third kappa shape index (κ3) is 2.60. The zero-order valence-corrected chi connectivity index (χ0v) is 8.84. The average Bonchev–Trinajstić information content (AvgIpc) is 2.15. The van der Waals surface area contributed by atoms with Crippen LogP contribution >= 0.6 is 24.2 Å². The van der Waals surface area contributed by atoms with E-state index in [-0.39, 0.29) is 10.8 Å². The largest absolute Gasteiger partial charge is 0.389 e. The van der Waals surface area contributed by atoms with Crippen LogP contribution in [0.2, 0.25) is 5.02 Å². The Labute approximate surface area is 91.7 Å². The van der Waals surface area contributed by atoms with Crippen LogP contribution in [0.3, 0.4) is 0 Å². The predicted molar refractivity (Wildman–Crippen MR) is 56.2 cm³/mol. The lowest BCUT2D eigenvalue weighted by molar-refractivity contribution is 0.0338. The predicted octanol–water partition coefficient (Wildman–Crippen LogP) is 1.80. The monoisotopic (exact) mass is 236 g/mol. The molecule has 0 aliphatic rings. The molecule has 1 aromatic rings. The highest BCUT2D eigenvalue weighted by Gasteiger charge is 2.19. The molecule has 78 valence electrons. The highest BCUT2D eigenvalue weighted by atomic mass is 35.5. The minimum absolute atomic E-state index is 0.0957. The van der Waals surface area contributed by atoms with E-state index in [2.05, 4.69) is 12.6 Å². The van der Waals surface area contributed by atoms with Crippen LogP contribution in [-0.4, -0.2) is 22.1 Å². The molecule has 2 N–H and O–H groups in total. The molecule has 0 radical (unpaired) electrons. The maximum Gasteiger partial charge on any atom is 0.124 e. The third-order valence-corrected chi connectivity index (χ3v) is 2.53. The van der Waals surface area contributed by atoms with Crippen LogP contribution in [0, 0.1) is 5.82 Å². The topological polar surface area (TPSA) is 40.5 Å². The van der Waals surface area contributed by atoms with Crippen molar-refractivity contribution in [2.24, 2.45) is 0 Å². The van der Waals surface area contributed by atoms with Gasteiger partial charge in [0.05, 0.1) is 6.10 Å². The van der Waals surface area contributed by atoms with Gasteiger partial charge >= 0.3 is 0 Å². The Balaban J connectivity index is 2.95. The van der Waals surface area contributed by atoms with Crippen LogP contribution in [0.25, 0.3) is 0 Å². The van der Waals surface area contributed by atoms with Gasteiger partial charge in [0.2, 0.25) is 0 Å². The molecule has 14 heavy (non-hydrogen) atoms. The molecule has 0 aliphatic carbocycles. The molecule has 2 atom stereocenters. The number of benzene rings is 1. The molecule has 1 rings (SSSR count). The van der Waals surface area contributed by atoms with Gasteiger partial charge in [-0.15, -0.1) is 0 Å². The van der Waals surface area contributed by atoms with Crippen LogP contribution in [-0.2, 0) is 0 Å². The van der Waals surface area contributed by atoms with Crippen molar-refractivity contribution < 1.29 is 14.6 Å². The van der Waals surface area contributed by atoms with Crippen molar-refractivity contribution in [3.63, 3.8) is 0 Å². The summed E-state index contributed by atoms with van der Waals surface area (Å²) in [5, 5.41) is 18.9. The fourth-order valence-electron chi connectivity index (χ4n) is 1.05. The number of thiol groups is 1. The van der Waals surface area contributed by atoms with Crippen LogP contribution in [0.15, 0.2) is 18.2 Å². The second-order valence-corrected chi connectivity index (χ2v) is 3.63. The van der Waals surface area contributed by atoms with Gasteiger partial charge in [-0.3, -0.25) is 0 Å². The molecule has 0 spiro atoms. The lowest BCUT2D eigenvalue weighted by Gasteiger charge is -2.17. The number of aliphatic hydroxyl groups excluding tert-OH is 2. The lowest BCUT2D eigenvalue weighted by Crippen LogP contribution is -2.20. The second-order valence-electron chi connectivity index (χ2n) is 2.86. The maximum atomic E-state index is 12.7. The molecule has 1 aromatic carbocycles. The maximum absolute atomic E-state index is 12.7. The van der Waals surface area contributed by atoms with Crippen molar-refractivity contribution in [2.75, 3.05) is 5.75 Å². The number of hydrogen-bond donors (Lipinski definition) is 3. The molecule has 0 amide bonds. The minimum Gasteiger partial charge on any atom is -0.389 e. The minimum atomic E-state index is -1.14. The van der Waals surface area contributed by atoms with E-state index in [4.69, 9.17) is 11.6 Å². The summed E-state index contributed by atoms with van der Waals surface area (Å²) in [6.45, 7) is 0. The van der Waals surface area contributed by atoms with Gasteiger partial charge < -0.3 is 10.2 Å². The van der Waals surface area contributed by atoms with Crippen molar-refractivity contribution in [1.82, 2.24) is 0 Å². The summed E-state index contributed by atoms with van der Waals surface area (Å²) in [6.07, 6.45) is -2.15. The Morgan fingerprint density at radius 2 is 2.07 bits per heavy atom. The van der Waals surface area contributed by atoms with Crippen molar-refractivity contribution in [2.45, 2.75) is 12.2 Å². The van der Waals surface area contributed by atoms with Crippen molar-refractivity contribution >= 4 is 24.2 Å². The molecule has 0 aliphatic heterocycles. The van der Waals surface area contributed by atoms with Gasteiger partial charge in [0.25, 0.3) is 0 Å². The van der Waals surface area contributed by atoms with Gasteiger partial charge in [0.1, 0.15) is 11.9 Å². The molecule has 0 saturated heterocycles. The zero-order chi connectivity index (χ0) is 10.7. The number of halogens is 2. The quantitative estimate of drug-likeness (QED) is 0.701. The molecule has 0 heterocycles. The summed E-state index contributed by atoms with van der Waals surface area (Å²) >= 11 is 9.52. The highest BCUT2D eigenvalue weighted by Crippen LogP contribution is 2.26. The van der Waals surface area contributed by atoms with Crippen LogP contribution in [0.5, 0.6) is 0 Å². The molecular weight excluding hydrogens is 227 g/mol. The fourth-order valence-corrected chi connectivity index (χ4v) is 1.53. The Bertz CT molecular complexity index is 322. The normalized spacial score (nSPS) is 15.2. The first-order valence-corrected chi connectivity index (χ1v) is 4.99. The van der Waals surface area contributed by atoms with E-state index in [0.717, 1.165) is 6.07 Å². The number of hydrogen-bond acceptors (Lipinski definition) is 3. The molecule has 2 unspecified atom stereocenters. The summed E-state index contributed by atoms with van der Waals surface area (Å²) in [5.74, 6) is -0.374. The molecule has 2 nitrogen and oxygen atoms in total. The molecule has 0 saturated carbocycles. The first-order valence-electron chi connectivity index (χ1n) is 3.98. The van der Waals surface area contributed by atoms with Crippen LogP contribution < -0.4 is 0 Å². The van der Waals surface area contributed by atoms with Gasteiger partial charge in [-0.1, -0.05) is 17.7 Å². The van der Waals surface area contributed by atoms with E-state index in [9.17, 15) is 14.6 Å². The summed E-state index contributed by atoms with van der Waals surface area (Å²) in [5.41, 5.74) is 0.301. The van der Waals surface area contributed by atoms with Gasteiger partial charge in [-0.05, 0) is 12.1 Å². The molecule has 0 bridgehead atoms. The van der Waals surface area contributed by atoms with Crippen molar-refractivity contribution in [3.05, 3.63) is 34.6 Å². The van der Waals surface area contributed by atoms with Crippen LogP contribution in [0.4, 0.5) is 4.39 Å². The van der Waals surface area contributed by atoms with E-state index in [1.165, 1.54) is 12.1 Å². The van der Waals surface area contributed by atoms with E-state index in [1.54, 1.807) is 0 Å². The fraction of sp³-hybridized carbons (Fsp3) is 0.333. The Hall–Kier alpha value is -0.290. The smallest absolute Gasteiger partial charge is 0.124 e. The molecule has 0 fully saturated rings. The zero-order valence-electron chi connectivity index (χ0n) is 7.19. The Morgan fingerprint density at radius 1 is 1.43 bits per heavy atom. The van der Waals surface area contributed by atoms with Gasteiger partial charge in [-0.25, -0.2) is 4.39 Å². The van der Waals surface area contributed by atoms with Crippen molar-refractivity contribution in [1.29, 1.82) is 0 Å². The van der Waals surface area contributed by atoms with E-state index in [1.807, 2.05) is 0 Å². The van der Waals surface area contributed by atoms with Crippen molar-refractivity contribution in [3.8, 4) is 0 Å².